The Balaban J connectivity index is 2.19. The number of hydrogen-bond donors (Lipinski definition) is 2. The maximum Gasteiger partial charge on any atom is 0.330 e. The third-order valence-electron chi connectivity index (χ3n) is 5.17. The molecule has 0 aromatic heterocycles. The van der Waals surface area contributed by atoms with Gasteiger partial charge in [0.1, 0.15) is 11.8 Å². The summed E-state index contributed by atoms with van der Waals surface area (Å²) in [5.41, 5.74) is 1.33. The number of rotatable bonds is 10. The van der Waals surface area contributed by atoms with E-state index in [0.717, 1.165) is 5.56 Å². The van der Waals surface area contributed by atoms with Crippen molar-refractivity contribution < 1.29 is 27.5 Å². The van der Waals surface area contributed by atoms with Crippen LogP contribution in [0.5, 0.6) is 5.75 Å². The molecule has 0 fully saturated rings. The third-order valence-corrected chi connectivity index (χ3v) is 6.56. The van der Waals surface area contributed by atoms with E-state index in [4.69, 9.17) is 4.74 Å². The molecule has 0 spiro atoms. The number of anilines is 1. The number of hydrogen-bond acceptors (Lipinski definition) is 6. The number of ether oxygens (including phenoxy) is 1. The van der Waals surface area contributed by atoms with Crippen LogP contribution in [0.3, 0.4) is 0 Å². The van der Waals surface area contributed by atoms with Crippen molar-refractivity contribution in [1.82, 2.24) is 19.2 Å². The van der Waals surface area contributed by atoms with E-state index in [-0.39, 0.29) is 6.42 Å². The van der Waals surface area contributed by atoms with Crippen molar-refractivity contribution in [2.24, 2.45) is 0 Å². The molecule has 0 heterocycles. The molecule has 0 saturated heterocycles. The maximum absolute atomic E-state index is 13.3. The second kappa shape index (κ2) is 12.2. The van der Waals surface area contributed by atoms with E-state index in [1.54, 1.807) is 55.6 Å². The topological polar surface area (TPSA) is 128 Å². The average Bonchev–Trinajstić information content (AvgIpc) is 2.82. The summed E-state index contributed by atoms with van der Waals surface area (Å²) in [7, 11) is 2.90. The molecule has 2 aromatic carbocycles. The predicted molar refractivity (Wildman–Crippen MR) is 132 cm³/mol. The number of nitrogens with zero attached hydrogens (tertiary/aromatic N) is 3. The van der Waals surface area contributed by atoms with Gasteiger partial charge in [-0.25, -0.2) is 9.52 Å². The Kier molecular flexibility index (Phi) is 9.60. The van der Waals surface area contributed by atoms with Crippen molar-refractivity contribution in [3.8, 4) is 5.75 Å². The van der Waals surface area contributed by atoms with Crippen LogP contribution in [0.1, 0.15) is 5.56 Å². The van der Waals surface area contributed by atoms with Crippen LogP contribution in [0.15, 0.2) is 54.6 Å². The molecule has 12 heteroatoms. The van der Waals surface area contributed by atoms with Crippen molar-refractivity contribution in [3.05, 3.63) is 60.2 Å². The summed E-state index contributed by atoms with van der Waals surface area (Å²) in [4.78, 5) is 40.4. The molecule has 0 saturated carbocycles. The second-order valence-electron chi connectivity index (χ2n) is 7.96. The fraction of sp³-hybridized carbons (Fsp3) is 0.348. The van der Waals surface area contributed by atoms with Crippen molar-refractivity contribution in [2.45, 2.75) is 12.5 Å². The lowest BCUT2D eigenvalue weighted by molar-refractivity contribution is -0.128. The molecule has 11 nitrogen and oxygen atoms in total. The fourth-order valence-corrected chi connectivity index (χ4v) is 3.75. The summed E-state index contributed by atoms with van der Waals surface area (Å²) in [6, 6.07) is 13.6. The number of carbonyl (C=O) groups excluding carboxylic acids is 3. The molecule has 0 aliphatic carbocycles. The first-order valence-electron chi connectivity index (χ1n) is 10.6. The van der Waals surface area contributed by atoms with Gasteiger partial charge in [-0.2, -0.15) is 12.7 Å². The van der Waals surface area contributed by atoms with Crippen LogP contribution in [0, 0.1) is 0 Å². The molecule has 2 N–H and O–H groups in total. The first-order valence-corrected chi connectivity index (χ1v) is 12.1. The van der Waals surface area contributed by atoms with Crippen molar-refractivity contribution >= 4 is 33.7 Å². The zero-order valence-electron chi connectivity index (χ0n) is 20.4. The molecule has 190 valence electrons. The smallest absolute Gasteiger partial charge is 0.330 e. The van der Waals surface area contributed by atoms with Gasteiger partial charge in [-0.15, -0.1) is 0 Å². The lowest BCUT2D eigenvalue weighted by Crippen LogP contribution is -2.54. The average molecular weight is 506 g/mol. The Morgan fingerprint density at radius 1 is 0.943 bits per heavy atom. The van der Waals surface area contributed by atoms with Gasteiger partial charge in [0.05, 0.1) is 13.7 Å². The minimum absolute atomic E-state index is 0.128. The van der Waals surface area contributed by atoms with Crippen molar-refractivity contribution in [1.29, 1.82) is 0 Å². The number of nitrogens with one attached hydrogen (secondary N) is 2. The highest BCUT2D eigenvalue weighted by Gasteiger charge is 2.29. The van der Waals surface area contributed by atoms with Crippen molar-refractivity contribution in [3.63, 3.8) is 0 Å². The van der Waals surface area contributed by atoms with Crippen LogP contribution in [-0.4, -0.2) is 83.4 Å². The summed E-state index contributed by atoms with van der Waals surface area (Å²) >= 11 is 0. The van der Waals surface area contributed by atoms with Crippen LogP contribution >= 0.6 is 0 Å². The van der Waals surface area contributed by atoms with Gasteiger partial charge in [-0.05, 0) is 29.8 Å². The molecule has 1 atom stereocenters. The van der Waals surface area contributed by atoms with Crippen molar-refractivity contribution in [2.75, 3.05) is 46.7 Å². The largest absolute Gasteiger partial charge is 0.497 e. The van der Waals surface area contributed by atoms with E-state index in [0.29, 0.717) is 15.7 Å². The van der Waals surface area contributed by atoms with E-state index in [9.17, 15) is 22.8 Å². The van der Waals surface area contributed by atoms with Gasteiger partial charge in [0, 0.05) is 40.3 Å². The summed E-state index contributed by atoms with van der Waals surface area (Å²) in [6.07, 6.45) is 0.128. The fourth-order valence-electron chi connectivity index (χ4n) is 3.02. The zero-order chi connectivity index (χ0) is 26.2. The molecule has 2 rings (SSSR count). The lowest BCUT2D eigenvalue weighted by atomic mass is 10.0. The van der Waals surface area contributed by atoms with Crippen LogP contribution in [0.2, 0.25) is 0 Å². The minimum atomic E-state index is -4.33. The summed E-state index contributed by atoms with van der Waals surface area (Å²) in [5.74, 6) is -0.297. The standard InChI is InChI=1S/C23H31N5O6S/c1-26(2)21(29)16-27(3)35(32,33)25-23(31)24-20(15-17-9-7-6-8-10-17)22(30)28(4)18-11-13-19(34-5)14-12-18/h6-14,20H,15-16H2,1-5H3,(H2,24,25,31)/t20-/m0/s1. The Bertz CT molecular complexity index is 1120. The quantitative estimate of drug-likeness (QED) is 0.492. The van der Waals surface area contributed by atoms with Crippen LogP contribution in [0.25, 0.3) is 0 Å². The van der Waals surface area contributed by atoms with Gasteiger partial charge < -0.3 is 19.9 Å². The molecule has 0 radical (unpaired) electrons. The van der Waals surface area contributed by atoms with Gasteiger partial charge in [-0.1, -0.05) is 30.3 Å². The number of amides is 4. The molecule has 0 aliphatic rings. The molecule has 35 heavy (non-hydrogen) atoms. The van der Waals surface area contributed by atoms with Crippen LogP contribution < -0.4 is 19.7 Å². The van der Waals surface area contributed by atoms with Crippen LogP contribution in [0.4, 0.5) is 10.5 Å². The summed E-state index contributed by atoms with van der Waals surface area (Å²) in [6.45, 7) is -0.456. The normalized spacial score (nSPS) is 11.9. The first-order chi connectivity index (χ1) is 16.4. The zero-order valence-corrected chi connectivity index (χ0v) is 21.2. The SMILES string of the molecule is COc1ccc(N(C)C(=O)[C@H](Cc2ccccc2)NC(=O)NS(=O)(=O)N(C)CC(=O)N(C)C)cc1. The highest BCUT2D eigenvalue weighted by atomic mass is 32.2. The molecule has 0 bridgehead atoms. The van der Waals surface area contributed by atoms with Gasteiger partial charge in [-0.3, -0.25) is 9.59 Å². The van der Waals surface area contributed by atoms with E-state index in [1.807, 2.05) is 10.8 Å². The lowest BCUT2D eigenvalue weighted by Gasteiger charge is -2.26. The van der Waals surface area contributed by atoms with Gasteiger partial charge in [0.25, 0.3) is 0 Å². The molecule has 0 aliphatic heterocycles. The highest BCUT2D eigenvalue weighted by molar-refractivity contribution is 7.87. The van der Waals surface area contributed by atoms with Gasteiger partial charge >= 0.3 is 16.2 Å². The first kappa shape index (κ1) is 27.6. The van der Waals surface area contributed by atoms with Crippen LogP contribution in [-0.2, 0) is 26.2 Å². The number of likely N-dealkylation sites (N-methyl/N-ethyl adjacent to an activating group) is 3. The Morgan fingerprint density at radius 3 is 2.09 bits per heavy atom. The third kappa shape index (κ3) is 7.97. The van der Waals surface area contributed by atoms with E-state index in [2.05, 4.69) is 5.32 Å². The number of methoxy groups -OCH3 is 1. The predicted octanol–water partition coefficient (Wildman–Crippen LogP) is 0.833. The second-order valence-corrected chi connectivity index (χ2v) is 9.74. The number of carbonyl (C=O) groups is 3. The Morgan fingerprint density at radius 2 is 1.54 bits per heavy atom. The summed E-state index contributed by atoms with van der Waals surface area (Å²) in [5, 5.41) is 2.46. The minimum Gasteiger partial charge on any atom is -0.497 e. The van der Waals surface area contributed by atoms with E-state index >= 15 is 0 Å². The van der Waals surface area contributed by atoms with E-state index < -0.39 is 40.6 Å². The molecular weight excluding hydrogens is 474 g/mol. The Labute approximate surface area is 205 Å². The van der Waals surface area contributed by atoms with Gasteiger partial charge in [0.2, 0.25) is 11.8 Å². The monoisotopic (exact) mass is 505 g/mol. The molecule has 2 aromatic rings. The van der Waals surface area contributed by atoms with E-state index in [1.165, 1.54) is 38.1 Å². The highest BCUT2D eigenvalue weighted by Crippen LogP contribution is 2.19. The molecular formula is C23H31N5O6S. The maximum atomic E-state index is 13.3. The molecule has 0 unspecified atom stereocenters. The number of urea groups is 1. The molecule has 4 amide bonds. The summed E-state index contributed by atoms with van der Waals surface area (Å²) < 4.78 is 32.7. The number of benzene rings is 2. The Hall–Kier alpha value is -3.64. The van der Waals surface area contributed by atoms with Gasteiger partial charge in [0.15, 0.2) is 0 Å².